The minimum Gasteiger partial charge on any atom is -0.507 e. The number of Topliss-reactive ketones (excluding diaryl/α,β-unsaturated/α-hetero) is 3. The molecule has 0 bridgehead atoms. The summed E-state index contributed by atoms with van der Waals surface area (Å²) in [5, 5.41) is 29.9. The van der Waals surface area contributed by atoms with Crippen molar-refractivity contribution in [1.29, 1.82) is 0 Å². The summed E-state index contributed by atoms with van der Waals surface area (Å²) in [6.07, 6.45) is 2.55. The second kappa shape index (κ2) is 15.8. The molecule has 1 aliphatic rings. The van der Waals surface area contributed by atoms with Crippen LogP contribution in [-0.2, 0) is 16.0 Å². The van der Waals surface area contributed by atoms with Gasteiger partial charge in [0.15, 0.2) is 5.78 Å². The van der Waals surface area contributed by atoms with Crippen molar-refractivity contribution in [1.82, 2.24) is 0 Å². The number of phenolic OH excluding ortho intramolecular Hbond substituents is 1. The van der Waals surface area contributed by atoms with Crippen molar-refractivity contribution in [3.63, 3.8) is 0 Å². The monoisotopic (exact) mass is 560 g/mol. The topological polar surface area (TPSA) is 143 Å². The Hall–Kier alpha value is -2.87. The highest BCUT2D eigenvalue weighted by molar-refractivity contribution is 6.03. The lowest BCUT2D eigenvalue weighted by atomic mass is 9.72. The maximum atomic E-state index is 13.0. The zero-order chi connectivity index (χ0) is 29.3. The Morgan fingerprint density at radius 2 is 1.65 bits per heavy atom. The van der Waals surface area contributed by atoms with Crippen LogP contribution in [0.3, 0.4) is 0 Å². The molecule has 0 fully saturated rings. The van der Waals surface area contributed by atoms with E-state index in [1.54, 1.807) is 6.07 Å². The van der Waals surface area contributed by atoms with Gasteiger partial charge in [-0.15, -0.1) is 0 Å². The zero-order valence-corrected chi connectivity index (χ0v) is 24.9. The van der Waals surface area contributed by atoms with Gasteiger partial charge in [-0.05, 0) is 73.1 Å². The molecule has 0 radical (unpaired) electrons. The summed E-state index contributed by atoms with van der Waals surface area (Å²) in [5.41, 5.74) is 4.67. The number of rotatable bonds is 10. The number of hydrogen-bond donors (Lipinski definition) is 3. The Balaban J connectivity index is 0. The SMILES string of the molecule is CC(=O)CC(=O)C(CO)C(CCO)CC1CC(=O)c2c(O)ccc(-c3ccc(C)cc3)c2C1.CCC(C)(C)C.O.[HH].[HH]. The van der Waals surface area contributed by atoms with Crippen molar-refractivity contribution in [3.8, 4) is 16.9 Å². The van der Waals surface area contributed by atoms with Gasteiger partial charge in [-0.1, -0.05) is 70.0 Å². The second-order valence-corrected chi connectivity index (χ2v) is 12.1. The Morgan fingerprint density at radius 3 is 2.15 bits per heavy atom. The van der Waals surface area contributed by atoms with Crippen molar-refractivity contribution in [2.45, 2.75) is 80.1 Å². The first-order valence-corrected chi connectivity index (χ1v) is 14.0. The molecular weight excluding hydrogens is 508 g/mol. The highest BCUT2D eigenvalue weighted by atomic mass is 16.3. The molecule has 5 N–H and O–H groups in total. The fourth-order valence-electron chi connectivity index (χ4n) is 5.02. The predicted molar refractivity (Wildman–Crippen MR) is 163 cm³/mol. The maximum Gasteiger partial charge on any atom is 0.167 e. The molecular formula is C33H52O7. The number of phenols is 1. The van der Waals surface area contributed by atoms with Gasteiger partial charge in [-0.3, -0.25) is 14.4 Å². The molecule has 2 aromatic rings. The Bertz CT molecular complexity index is 1140. The van der Waals surface area contributed by atoms with E-state index in [-0.39, 0.29) is 62.7 Å². The van der Waals surface area contributed by atoms with Crippen molar-refractivity contribution < 1.29 is 38.0 Å². The van der Waals surface area contributed by atoms with Crippen LogP contribution in [-0.4, -0.2) is 51.4 Å². The van der Waals surface area contributed by atoms with Gasteiger partial charge >= 0.3 is 0 Å². The summed E-state index contributed by atoms with van der Waals surface area (Å²) in [6.45, 7) is 11.7. The van der Waals surface area contributed by atoms with Crippen LogP contribution in [0.15, 0.2) is 36.4 Å². The molecule has 0 spiro atoms. The smallest absolute Gasteiger partial charge is 0.167 e. The molecule has 40 heavy (non-hydrogen) atoms. The standard InChI is InChI=1S/C27H32O6.C6H14.H2O.2H2/c1-16-3-5-19(6-4-16)21-7-8-24(31)27-22(21)13-18(14-26(27)33)12-20(9-10-28)23(15-29)25(32)11-17(2)30;1-5-6(2,3)4;;;/h3-8,18,20,23,28-29,31H,9-15H2,1-2H3;5H2,1-4H3;1H2;2*1H. The molecule has 1 aliphatic carbocycles. The summed E-state index contributed by atoms with van der Waals surface area (Å²) in [4.78, 5) is 37.0. The van der Waals surface area contributed by atoms with E-state index >= 15 is 0 Å². The fourth-order valence-corrected chi connectivity index (χ4v) is 5.02. The van der Waals surface area contributed by atoms with Crippen molar-refractivity contribution in [2.75, 3.05) is 13.2 Å². The van der Waals surface area contributed by atoms with Gasteiger partial charge in [0, 0.05) is 21.8 Å². The zero-order valence-electron chi connectivity index (χ0n) is 24.9. The lowest BCUT2D eigenvalue weighted by Gasteiger charge is -2.31. The highest BCUT2D eigenvalue weighted by Gasteiger charge is 2.35. The molecule has 2 aromatic carbocycles. The quantitative estimate of drug-likeness (QED) is 0.315. The molecule has 7 nitrogen and oxygen atoms in total. The van der Waals surface area contributed by atoms with E-state index in [0.29, 0.717) is 30.2 Å². The number of ketones is 3. The maximum absolute atomic E-state index is 13.0. The lowest BCUT2D eigenvalue weighted by Crippen LogP contribution is -2.32. The normalized spacial score (nSPS) is 16.1. The van der Waals surface area contributed by atoms with Crippen LogP contribution < -0.4 is 0 Å². The molecule has 0 saturated heterocycles. The van der Waals surface area contributed by atoms with E-state index in [1.807, 2.05) is 37.3 Å². The van der Waals surface area contributed by atoms with Crippen LogP contribution in [0.4, 0.5) is 0 Å². The fraction of sp³-hybridized carbons (Fsp3) is 0.545. The molecule has 3 atom stereocenters. The van der Waals surface area contributed by atoms with Crippen LogP contribution in [0, 0.1) is 30.1 Å². The second-order valence-electron chi connectivity index (χ2n) is 12.1. The molecule has 3 unspecified atom stereocenters. The van der Waals surface area contributed by atoms with Crippen LogP contribution in [0.2, 0.25) is 0 Å². The number of aryl methyl sites for hydroxylation is 1. The summed E-state index contributed by atoms with van der Waals surface area (Å²) >= 11 is 0. The van der Waals surface area contributed by atoms with E-state index in [1.165, 1.54) is 13.3 Å². The Kier molecular flexibility index (Phi) is 13.9. The van der Waals surface area contributed by atoms with Crippen molar-refractivity contribution >= 4 is 17.3 Å². The number of hydrogen-bond acceptors (Lipinski definition) is 6. The molecule has 7 heteroatoms. The number of aliphatic hydroxyl groups excluding tert-OH is 2. The molecule has 0 saturated carbocycles. The summed E-state index contributed by atoms with van der Waals surface area (Å²) in [5.74, 6) is -1.96. The van der Waals surface area contributed by atoms with Gasteiger partial charge < -0.3 is 20.8 Å². The average Bonchev–Trinajstić information content (AvgIpc) is 2.85. The molecule has 3 rings (SSSR count). The lowest BCUT2D eigenvalue weighted by molar-refractivity contribution is -0.131. The first kappa shape index (κ1) is 35.2. The molecule has 0 aliphatic heterocycles. The first-order chi connectivity index (χ1) is 18.3. The van der Waals surface area contributed by atoms with E-state index in [2.05, 4.69) is 27.7 Å². The van der Waals surface area contributed by atoms with E-state index in [4.69, 9.17) is 0 Å². The number of carbonyl (C=O) groups is 3. The van der Waals surface area contributed by atoms with Crippen LogP contribution >= 0.6 is 0 Å². The van der Waals surface area contributed by atoms with Gasteiger partial charge in [-0.25, -0.2) is 0 Å². The number of aromatic hydroxyl groups is 1. The van der Waals surface area contributed by atoms with Gasteiger partial charge in [-0.2, -0.15) is 0 Å². The third-order valence-corrected chi connectivity index (χ3v) is 7.70. The van der Waals surface area contributed by atoms with E-state index < -0.39 is 12.5 Å². The van der Waals surface area contributed by atoms with E-state index in [0.717, 1.165) is 22.3 Å². The molecule has 0 aromatic heterocycles. The van der Waals surface area contributed by atoms with Gasteiger partial charge in [0.25, 0.3) is 0 Å². The first-order valence-electron chi connectivity index (χ1n) is 14.0. The minimum atomic E-state index is -0.752. The number of benzene rings is 2. The van der Waals surface area contributed by atoms with Gasteiger partial charge in [0.2, 0.25) is 0 Å². The summed E-state index contributed by atoms with van der Waals surface area (Å²) in [6, 6.07) is 11.4. The number of fused-ring (bicyclic) bond motifs is 1. The summed E-state index contributed by atoms with van der Waals surface area (Å²) < 4.78 is 0. The molecule has 0 amide bonds. The average molecular weight is 561 g/mol. The Morgan fingerprint density at radius 1 is 1.05 bits per heavy atom. The Labute approximate surface area is 241 Å². The van der Waals surface area contributed by atoms with Crippen LogP contribution in [0.25, 0.3) is 11.1 Å². The number of carbonyl (C=O) groups excluding carboxylic acids is 3. The van der Waals surface area contributed by atoms with Gasteiger partial charge in [0.1, 0.15) is 17.3 Å². The third-order valence-electron chi connectivity index (χ3n) is 7.70. The van der Waals surface area contributed by atoms with Crippen LogP contribution in [0.1, 0.15) is 91.1 Å². The molecule has 226 valence electrons. The van der Waals surface area contributed by atoms with Crippen molar-refractivity contribution in [2.24, 2.45) is 23.2 Å². The minimum absolute atomic E-state index is 0. The highest BCUT2D eigenvalue weighted by Crippen LogP contribution is 2.41. The van der Waals surface area contributed by atoms with Crippen LogP contribution in [0.5, 0.6) is 5.75 Å². The predicted octanol–water partition coefficient (Wildman–Crippen LogP) is 5.77. The van der Waals surface area contributed by atoms with Gasteiger partial charge in [0.05, 0.1) is 18.6 Å². The summed E-state index contributed by atoms with van der Waals surface area (Å²) in [7, 11) is 0. The van der Waals surface area contributed by atoms with E-state index in [9.17, 15) is 29.7 Å². The number of aliphatic hydroxyl groups is 2. The largest absolute Gasteiger partial charge is 0.507 e. The third kappa shape index (κ3) is 9.95. The van der Waals surface area contributed by atoms with Crippen molar-refractivity contribution in [3.05, 3.63) is 53.1 Å². The molecule has 0 heterocycles.